The Kier molecular flexibility index (Phi) is 6.07. The second kappa shape index (κ2) is 7.81. The summed E-state index contributed by atoms with van der Waals surface area (Å²) in [5.41, 5.74) is 1.24. The zero-order valence-corrected chi connectivity index (χ0v) is 13.0. The number of nitrogens with one attached hydrogen (secondary N) is 1. The molecule has 1 aromatic rings. The number of morpholine rings is 1. The number of ether oxygens (including phenoxy) is 1. The van der Waals surface area contributed by atoms with Crippen LogP contribution < -0.4 is 5.32 Å². The normalized spacial score (nSPS) is 24.1. The zero-order chi connectivity index (χ0) is 14.4. The predicted molar refractivity (Wildman–Crippen MR) is 80.6 cm³/mol. The molecule has 2 heterocycles. The van der Waals surface area contributed by atoms with Gasteiger partial charge in [0.05, 0.1) is 25.5 Å². The van der Waals surface area contributed by atoms with E-state index < -0.39 is 0 Å². The number of hydrogen-bond donors (Lipinski definition) is 1. The lowest BCUT2D eigenvalue weighted by Crippen LogP contribution is -2.47. The molecule has 0 aromatic carbocycles. The monoisotopic (exact) mass is 280 g/mol. The summed E-state index contributed by atoms with van der Waals surface area (Å²) >= 11 is 0. The van der Waals surface area contributed by atoms with Gasteiger partial charge in [0.25, 0.3) is 0 Å². The molecule has 0 radical (unpaired) electrons. The SMILES string of the molecule is CCCNCc1coc(CN2CC(C)OCC2CC)c1. The van der Waals surface area contributed by atoms with Crippen molar-refractivity contribution in [1.29, 1.82) is 0 Å². The van der Waals surface area contributed by atoms with Gasteiger partial charge in [-0.25, -0.2) is 0 Å². The van der Waals surface area contributed by atoms with Crippen LogP contribution in [0, 0.1) is 0 Å². The average molecular weight is 280 g/mol. The van der Waals surface area contributed by atoms with Crippen molar-refractivity contribution in [2.75, 3.05) is 19.7 Å². The van der Waals surface area contributed by atoms with Crippen molar-refractivity contribution < 1.29 is 9.15 Å². The maximum atomic E-state index is 5.74. The van der Waals surface area contributed by atoms with E-state index in [1.165, 1.54) is 5.56 Å². The molecule has 0 aliphatic carbocycles. The van der Waals surface area contributed by atoms with Gasteiger partial charge in [-0.05, 0) is 32.4 Å². The van der Waals surface area contributed by atoms with Gasteiger partial charge in [0.2, 0.25) is 0 Å². The van der Waals surface area contributed by atoms with Gasteiger partial charge in [-0.3, -0.25) is 4.90 Å². The van der Waals surface area contributed by atoms with E-state index in [0.29, 0.717) is 12.1 Å². The molecule has 0 spiro atoms. The van der Waals surface area contributed by atoms with Crippen molar-refractivity contribution >= 4 is 0 Å². The van der Waals surface area contributed by atoms with E-state index >= 15 is 0 Å². The van der Waals surface area contributed by atoms with Crippen molar-refractivity contribution in [3.05, 3.63) is 23.7 Å². The molecule has 1 N–H and O–H groups in total. The van der Waals surface area contributed by atoms with Crippen LogP contribution >= 0.6 is 0 Å². The molecule has 0 bridgehead atoms. The van der Waals surface area contributed by atoms with Crippen LogP contribution in [0.25, 0.3) is 0 Å². The summed E-state index contributed by atoms with van der Waals surface area (Å²) in [5, 5.41) is 3.40. The van der Waals surface area contributed by atoms with Gasteiger partial charge in [0.1, 0.15) is 5.76 Å². The van der Waals surface area contributed by atoms with Crippen LogP contribution in [0.1, 0.15) is 44.9 Å². The van der Waals surface area contributed by atoms with Crippen LogP contribution in [0.15, 0.2) is 16.7 Å². The second-order valence-electron chi connectivity index (χ2n) is 5.73. The van der Waals surface area contributed by atoms with Crippen LogP contribution in [0.4, 0.5) is 0 Å². The highest BCUT2D eigenvalue weighted by Crippen LogP contribution is 2.19. The molecule has 1 aliphatic rings. The lowest BCUT2D eigenvalue weighted by Gasteiger charge is -2.37. The standard InChI is InChI=1S/C16H28N2O2/c1-4-6-17-8-14-7-16(20-11-14)10-18-9-13(3)19-12-15(18)5-2/h7,11,13,15,17H,4-6,8-10,12H2,1-3H3. The molecule has 4 heteroatoms. The first kappa shape index (κ1) is 15.5. The Morgan fingerprint density at radius 3 is 3.00 bits per heavy atom. The molecule has 0 amide bonds. The summed E-state index contributed by atoms with van der Waals surface area (Å²) in [6.45, 7) is 11.2. The Balaban J connectivity index is 1.88. The van der Waals surface area contributed by atoms with Gasteiger partial charge < -0.3 is 14.5 Å². The minimum atomic E-state index is 0.318. The number of nitrogens with zero attached hydrogens (tertiary/aromatic N) is 1. The van der Waals surface area contributed by atoms with Crippen molar-refractivity contribution in [2.45, 2.75) is 58.8 Å². The third kappa shape index (κ3) is 4.33. The molecule has 4 nitrogen and oxygen atoms in total. The van der Waals surface area contributed by atoms with E-state index in [0.717, 1.165) is 51.4 Å². The summed E-state index contributed by atoms with van der Waals surface area (Å²) in [6, 6.07) is 2.69. The van der Waals surface area contributed by atoms with Gasteiger partial charge in [-0.1, -0.05) is 13.8 Å². The maximum absolute atomic E-state index is 5.74. The van der Waals surface area contributed by atoms with E-state index in [4.69, 9.17) is 9.15 Å². The van der Waals surface area contributed by atoms with Crippen molar-refractivity contribution in [1.82, 2.24) is 10.2 Å². The predicted octanol–water partition coefficient (Wildman–Crippen LogP) is 2.78. The molecule has 0 saturated carbocycles. The van der Waals surface area contributed by atoms with Gasteiger partial charge in [0.15, 0.2) is 0 Å². The molecular formula is C16H28N2O2. The Morgan fingerprint density at radius 2 is 2.25 bits per heavy atom. The summed E-state index contributed by atoms with van der Waals surface area (Å²) in [5.74, 6) is 1.06. The van der Waals surface area contributed by atoms with Crippen LogP contribution in [0.3, 0.4) is 0 Å². The van der Waals surface area contributed by atoms with Crippen LogP contribution in [-0.2, 0) is 17.8 Å². The van der Waals surface area contributed by atoms with Gasteiger partial charge in [0, 0.05) is 24.7 Å². The number of hydrogen-bond acceptors (Lipinski definition) is 4. The van der Waals surface area contributed by atoms with Crippen LogP contribution in [0.2, 0.25) is 0 Å². The molecule has 1 saturated heterocycles. The second-order valence-corrected chi connectivity index (χ2v) is 5.73. The number of rotatable bonds is 7. The Morgan fingerprint density at radius 1 is 1.40 bits per heavy atom. The lowest BCUT2D eigenvalue weighted by atomic mass is 10.1. The molecule has 2 atom stereocenters. The Hall–Kier alpha value is -0.840. The minimum Gasteiger partial charge on any atom is -0.468 e. The Labute approximate surface area is 122 Å². The first-order valence-electron chi connectivity index (χ1n) is 7.85. The fraction of sp³-hybridized carbons (Fsp3) is 0.750. The molecule has 1 aliphatic heterocycles. The minimum absolute atomic E-state index is 0.318. The fourth-order valence-corrected chi connectivity index (χ4v) is 2.69. The average Bonchev–Trinajstić information content (AvgIpc) is 2.87. The highest BCUT2D eigenvalue weighted by Gasteiger charge is 2.26. The first-order valence-corrected chi connectivity index (χ1v) is 7.85. The molecule has 1 aromatic heterocycles. The van der Waals surface area contributed by atoms with E-state index in [9.17, 15) is 0 Å². The first-order chi connectivity index (χ1) is 9.72. The third-order valence-electron chi connectivity index (χ3n) is 3.88. The summed E-state index contributed by atoms with van der Waals surface area (Å²) in [4.78, 5) is 2.48. The summed E-state index contributed by atoms with van der Waals surface area (Å²) in [6.07, 6.45) is 4.48. The fourth-order valence-electron chi connectivity index (χ4n) is 2.69. The van der Waals surface area contributed by atoms with Crippen molar-refractivity contribution in [3.63, 3.8) is 0 Å². The highest BCUT2D eigenvalue weighted by molar-refractivity contribution is 5.12. The zero-order valence-electron chi connectivity index (χ0n) is 13.0. The van der Waals surface area contributed by atoms with Gasteiger partial charge in [-0.2, -0.15) is 0 Å². The lowest BCUT2D eigenvalue weighted by molar-refractivity contribution is -0.0610. The van der Waals surface area contributed by atoms with Crippen molar-refractivity contribution in [2.24, 2.45) is 0 Å². The van der Waals surface area contributed by atoms with E-state index in [1.807, 2.05) is 6.26 Å². The molecular weight excluding hydrogens is 252 g/mol. The molecule has 2 unspecified atom stereocenters. The maximum Gasteiger partial charge on any atom is 0.118 e. The smallest absolute Gasteiger partial charge is 0.118 e. The van der Waals surface area contributed by atoms with Crippen LogP contribution in [-0.4, -0.2) is 36.7 Å². The summed E-state index contributed by atoms with van der Waals surface area (Å²) in [7, 11) is 0. The van der Waals surface area contributed by atoms with Crippen molar-refractivity contribution in [3.8, 4) is 0 Å². The molecule has 2 rings (SSSR count). The largest absolute Gasteiger partial charge is 0.468 e. The van der Waals surface area contributed by atoms with E-state index in [-0.39, 0.29) is 0 Å². The third-order valence-corrected chi connectivity index (χ3v) is 3.88. The topological polar surface area (TPSA) is 37.6 Å². The van der Waals surface area contributed by atoms with Crippen LogP contribution in [0.5, 0.6) is 0 Å². The van der Waals surface area contributed by atoms with Gasteiger partial charge in [-0.15, -0.1) is 0 Å². The molecule has 20 heavy (non-hydrogen) atoms. The summed E-state index contributed by atoms with van der Waals surface area (Å²) < 4.78 is 11.4. The molecule has 114 valence electrons. The number of furan rings is 1. The Bertz CT molecular complexity index is 392. The van der Waals surface area contributed by atoms with E-state index in [2.05, 4.69) is 37.1 Å². The highest BCUT2D eigenvalue weighted by atomic mass is 16.5. The van der Waals surface area contributed by atoms with E-state index in [1.54, 1.807) is 0 Å². The molecule has 1 fully saturated rings. The quantitative estimate of drug-likeness (QED) is 0.779. The van der Waals surface area contributed by atoms with Gasteiger partial charge >= 0.3 is 0 Å².